The average Bonchev–Trinajstić information content (AvgIpc) is 2.85. The summed E-state index contributed by atoms with van der Waals surface area (Å²) in [6.45, 7) is 2.59. The van der Waals surface area contributed by atoms with Gasteiger partial charge in [0, 0.05) is 43.4 Å². The molecule has 0 aliphatic carbocycles. The van der Waals surface area contributed by atoms with Crippen LogP contribution in [0.3, 0.4) is 0 Å². The maximum absolute atomic E-state index is 12.0. The Hall–Kier alpha value is -1.47. The van der Waals surface area contributed by atoms with Crippen LogP contribution in [0.1, 0.15) is 37.7 Å². The van der Waals surface area contributed by atoms with E-state index in [1.54, 1.807) is 17.4 Å². The van der Waals surface area contributed by atoms with Gasteiger partial charge in [0.05, 0.1) is 5.75 Å². The van der Waals surface area contributed by atoms with Gasteiger partial charge in [-0.05, 0) is 31.4 Å². The zero-order valence-corrected chi connectivity index (χ0v) is 13.5. The lowest BCUT2D eigenvalue weighted by atomic mass is 9.75. The first-order valence-electron chi connectivity index (χ1n) is 7.65. The van der Waals surface area contributed by atoms with Gasteiger partial charge >= 0.3 is 0 Å². The van der Waals surface area contributed by atoms with Gasteiger partial charge in [0.15, 0.2) is 0 Å². The van der Waals surface area contributed by atoms with Crippen molar-refractivity contribution in [3.05, 3.63) is 30.1 Å². The van der Waals surface area contributed by atoms with Gasteiger partial charge in [-0.25, -0.2) is 12.7 Å². The summed E-state index contributed by atoms with van der Waals surface area (Å²) in [5, 5.41) is 3.12. The Labute approximate surface area is 131 Å². The van der Waals surface area contributed by atoms with E-state index in [-0.39, 0.29) is 23.1 Å². The van der Waals surface area contributed by atoms with Gasteiger partial charge in [0.1, 0.15) is 0 Å². The molecule has 1 amide bonds. The smallest absolute Gasteiger partial charge is 0.221 e. The first-order valence-corrected chi connectivity index (χ1v) is 9.26. The summed E-state index contributed by atoms with van der Waals surface area (Å²) in [5.74, 6) is 0.235. The minimum Gasteiger partial charge on any atom is -0.350 e. The number of amides is 1. The van der Waals surface area contributed by atoms with Gasteiger partial charge < -0.3 is 5.32 Å². The lowest BCUT2D eigenvalue weighted by molar-refractivity contribution is -0.120. The molecule has 1 aromatic rings. The molecule has 2 saturated heterocycles. The van der Waals surface area contributed by atoms with E-state index in [1.165, 1.54) is 0 Å². The molecule has 3 heterocycles. The maximum atomic E-state index is 12.0. The number of piperidine rings is 1. The fourth-order valence-corrected chi connectivity index (χ4v) is 4.74. The molecule has 22 heavy (non-hydrogen) atoms. The van der Waals surface area contributed by atoms with E-state index < -0.39 is 10.0 Å². The lowest BCUT2D eigenvalue weighted by Crippen LogP contribution is -2.54. The van der Waals surface area contributed by atoms with Crippen molar-refractivity contribution in [2.24, 2.45) is 0 Å². The van der Waals surface area contributed by atoms with Gasteiger partial charge in [-0.1, -0.05) is 6.07 Å². The molecule has 120 valence electrons. The summed E-state index contributed by atoms with van der Waals surface area (Å²) in [5.41, 5.74) is 0.715. The summed E-state index contributed by atoms with van der Waals surface area (Å²) < 4.78 is 25.5. The number of hydrogen-bond acceptors (Lipinski definition) is 4. The second-order valence-electron chi connectivity index (χ2n) is 6.05. The predicted molar refractivity (Wildman–Crippen MR) is 82.7 cm³/mol. The summed E-state index contributed by atoms with van der Waals surface area (Å²) in [6, 6.07) is 3.87. The van der Waals surface area contributed by atoms with E-state index in [9.17, 15) is 13.2 Å². The molecule has 1 aromatic heterocycles. The monoisotopic (exact) mass is 323 g/mol. The highest BCUT2D eigenvalue weighted by Gasteiger charge is 2.49. The van der Waals surface area contributed by atoms with Crippen LogP contribution in [-0.2, 0) is 14.8 Å². The predicted octanol–water partition coefficient (Wildman–Crippen LogP) is 0.869. The largest absolute Gasteiger partial charge is 0.350 e. The maximum Gasteiger partial charge on any atom is 0.221 e. The van der Waals surface area contributed by atoms with Gasteiger partial charge in [0.2, 0.25) is 15.9 Å². The van der Waals surface area contributed by atoms with Crippen molar-refractivity contribution < 1.29 is 13.2 Å². The van der Waals surface area contributed by atoms with E-state index in [1.807, 2.05) is 18.3 Å². The van der Waals surface area contributed by atoms with Crippen LogP contribution in [0.5, 0.6) is 0 Å². The number of carbonyl (C=O) groups excluding carboxylic acids is 1. The number of rotatable bonds is 3. The van der Waals surface area contributed by atoms with Crippen LogP contribution in [0.2, 0.25) is 0 Å². The molecular formula is C15H21N3O3S. The van der Waals surface area contributed by atoms with E-state index in [0.717, 1.165) is 5.56 Å². The Balaban J connectivity index is 1.83. The zero-order valence-electron chi connectivity index (χ0n) is 12.7. The first kappa shape index (κ1) is 15.4. The van der Waals surface area contributed by atoms with Crippen molar-refractivity contribution in [1.82, 2.24) is 14.6 Å². The number of aromatic nitrogens is 1. The minimum absolute atomic E-state index is 0.0423. The SMILES string of the molecule is CCS(=O)(=O)N1CCC2(CC1)NC(=O)CC2c1cccnc1. The third-order valence-corrected chi connectivity index (χ3v) is 6.79. The second kappa shape index (κ2) is 5.62. The molecule has 2 aliphatic heterocycles. The number of sulfonamides is 1. The first-order chi connectivity index (χ1) is 10.5. The highest BCUT2D eigenvalue weighted by atomic mass is 32.2. The van der Waals surface area contributed by atoms with Crippen molar-refractivity contribution in [2.45, 2.75) is 37.6 Å². The third-order valence-electron chi connectivity index (χ3n) is 4.90. The third kappa shape index (κ3) is 2.63. The summed E-state index contributed by atoms with van der Waals surface area (Å²) in [6.07, 6.45) is 5.28. The topological polar surface area (TPSA) is 79.4 Å². The zero-order chi connectivity index (χ0) is 15.8. The number of carbonyl (C=O) groups is 1. The van der Waals surface area contributed by atoms with Crippen LogP contribution >= 0.6 is 0 Å². The Morgan fingerprint density at radius 1 is 1.41 bits per heavy atom. The summed E-state index contributed by atoms with van der Waals surface area (Å²) in [4.78, 5) is 16.1. The molecule has 0 bridgehead atoms. The highest BCUT2D eigenvalue weighted by molar-refractivity contribution is 7.89. The lowest BCUT2D eigenvalue weighted by Gasteiger charge is -2.42. The molecule has 1 N–H and O–H groups in total. The molecule has 1 spiro atoms. The Kier molecular flexibility index (Phi) is 3.94. The highest BCUT2D eigenvalue weighted by Crippen LogP contribution is 2.43. The molecule has 6 nitrogen and oxygen atoms in total. The fraction of sp³-hybridized carbons (Fsp3) is 0.600. The number of nitrogens with one attached hydrogen (secondary N) is 1. The normalized spacial score (nSPS) is 25.3. The Morgan fingerprint density at radius 3 is 2.73 bits per heavy atom. The van der Waals surface area contributed by atoms with Crippen molar-refractivity contribution in [2.75, 3.05) is 18.8 Å². The molecule has 7 heteroatoms. The van der Waals surface area contributed by atoms with Crippen LogP contribution in [0.4, 0.5) is 0 Å². The van der Waals surface area contributed by atoms with Crippen LogP contribution in [0.25, 0.3) is 0 Å². The fourth-order valence-electron chi connectivity index (χ4n) is 3.63. The quantitative estimate of drug-likeness (QED) is 0.895. The van der Waals surface area contributed by atoms with Crippen molar-refractivity contribution in [3.63, 3.8) is 0 Å². The van der Waals surface area contributed by atoms with Gasteiger partial charge in [-0.15, -0.1) is 0 Å². The van der Waals surface area contributed by atoms with Crippen molar-refractivity contribution in [3.8, 4) is 0 Å². The minimum atomic E-state index is -3.15. The van der Waals surface area contributed by atoms with Crippen LogP contribution in [-0.4, -0.2) is 48.0 Å². The molecule has 0 aromatic carbocycles. The van der Waals surface area contributed by atoms with Gasteiger partial charge in [-0.3, -0.25) is 9.78 Å². The molecule has 1 atom stereocenters. The van der Waals surface area contributed by atoms with Crippen molar-refractivity contribution >= 4 is 15.9 Å². The molecular weight excluding hydrogens is 302 g/mol. The van der Waals surface area contributed by atoms with Crippen LogP contribution < -0.4 is 5.32 Å². The molecule has 0 saturated carbocycles. The number of hydrogen-bond donors (Lipinski definition) is 1. The van der Waals surface area contributed by atoms with E-state index in [0.29, 0.717) is 32.4 Å². The summed E-state index contributed by atoms with van der Waals surface area (Å²) in [7, 11) is -3.15. The van der Waals surface area contributed by atoms with Crippen LogP contribution in [0.15, 0.2) is 24.5 Å². The number of nitrogens with zero attached hydrogens (tertiary/aromatic N) is 2. The number of pyridine rings is 1. The molecule has 1 unspecified atom stereocenters. The second-order valence-corrected chi connectivity index (χ2v) is 8.30. The van der Waals surface area contributed by atoms with Crippen molar-refractivity contribution in [1.29, 1.82) is 0 Å². The molecule has 2 aliphatic rings. The average molecular weight is 323 g/mol. The van der Waals surface area contributed by atoms with E-state index >= 15 is 0 Å². The van der Waals surface area contributed by atoms with Gasteiger partial charge in [-0.2, -0.15) is 0 Å². The van der Waals surface area contributed by atoms with E-state index in [4.69, 9.17) is 0 Å². The van der Waals surface area contributed by atoms with Gasteiger partial charge in [0.25, 0.3) is 0 Å². The van der Waals surface area contributed by atoms with Crippen LogP contribution in [0, 0.1) is 0 Å². The molecule has 0 radical (unpaired) electrons. The van der Waals surface area contributed by atoms with E-state index in [2.05, 4.69) is 10.3 Å². The summed E-state index contributed by atoms with van der Waals surface area (Å²) >= 11 is 0. The Morgan fingerprint density at radius 2 is 2.14 bits per heavy atom. The Bertz CT molecular complexity index is 652. The molecule has 3 rings (SSSR count). The standard InChI is InChI=1S/C15H21N3O3S/c1-2-22(20,21)18-8-5-15(6-9-18)13(10-14(19)17-15)12-4-3-7-16-11-12/h3-4,7,11,13H,2,5-6,8-10H2,1H3,(H,17,19). The molecule has 2 fully saturated rings.